The summed E-state index contributed by atoms with van der Waals surface area (Å²) in [5.41, 5.74) is 2.65. The molecule has 1 aromatic carbocycles. The highest BCUT2D eigenvalue weighted by molar-refractivity contribution is 5.86. The molecule has 0 unspecified atom stereocenters. The van der Waals surface area contributed by atoms with E-state index >= 15 is 0 Å². The molecule has 3 aromatic rings. The largest absolute Gasteiger partial charge is 0.355 e. The van der Waals surface area contributed by atoms with Gasteiger partial charge in [-0.1, -0.05) is 35.5 Å². The smallest absolute Gasteiger partial charge is 0.226 e. The molecule has 8 heteroatoms. The summed E-state index contributed by atoms with van der Waals surface area (Å²) in [7, 11) is 0. The fourth-order valence-electron chi connectivity index (χ4n) is 3.16. The minimum absolute atomic E-state index is 0.0167. The standard InChI is InChI=1S/C18H21N7O/c1-2-25-17-15(22-23-25)16(20-12-21-17)24-10-14(11-24)18(26)19-9-8-13-6-4-3-5-7-13/h3-7,12,14H,2,8-11H2,1H3,(H,19,26). The van der Waals surface area contributed by atoms with Crippen molar-refractivity contribution in [1.82, 2.24) is 30.3 Å². The number of carbonyl (C=O) groups excluding carboxylic acids is 1. The van der Waals surface area contributed by atoms with Gasteiger partial charge in [-0.05, 0) is 18.9 Å². The summed E-state index contributed by atoms with van der Waals surface area (Å²) >= 11 is 0. The van der Waals surface area contributed by atoms with Gasteiger partial charge in [0.25, 0.3) is 0 Å². The third-order valence-corrected chi connectivity index (χ3v) is 4.69. The molecule has 0 saturated carbocycles. The van der Waals surface area contributed by atoms with E-state index in [9.17, 15) is 4.79 Å². The molecule has 1 aliphatic heterocycles. The molecule has 0 spiro atoms. The van der Waals surface area contributed by atoms with Gasteiger partial charge < -0.3 is 10.2 Å². The Hall–Kier alpha value is -3.03. The molecule has 1 saturated heterocycles. The Morgan fingerprint density at radius 3 is 2.81 bits per heavy atom. The molecule has 0 atom stereocenters. The SMILES string of the molecule is CCn1nnc2c(N3CC(C(=O)NCCc4ccccc4)C3)ncnc21. The van der Waals surface area contributed by atoms with Gasteiger partial charge in [0.15, 0.2) is 17.0 Å². The van der Waals surface area contributed by atoms with Gasteiger partial charge >= 0.3 is 0 Å². The van der Waals surface area contributed by atoms with Crippen molar-refractivity contribution in [2.24, 2.45) is 5.92 Å². The van der Waals surface area contributed by atoms with Gasteiger partial charge in [0.2, 0.25) is 5.91 Å². The van der Waals surface area contributed by atoms with Crippen molar-refractivity contribution in [3.05, 3.63) is 42.2 Å². The van der Waals surface area contributed by atoms with E-state index in [4.69, 9.17) is 0 Å². The van der Waals surface area contributed by atoms with Crippen molar-refractivity contribution in [2.45, 2.75) is 19.9 Å². The Balaban J connectivity index is 1.32. The fourth-order valence-corrected chi connectivity index (χ4v) is 3.16. The van der Waals surface area contributed by atoms with E-state index in [1.165, 1.54) is 11.9 Å². The lowest BCUT2D eigenvalue weighted by molar-refractivity contribution is -0.125. The van der Waals surface area contributed by atoms with Crippen LogP contribution in [0.3, 0.4) is 0 Å². The number of hydrogen-bond donors (Lipinski definition) is 1. The van der Waals surface area contributed by atoms with Crippen LogP contribution in [0.5, 0.6) is 0 Å². The van der Waals surface area contributed by atoms with Crippen LogP contribution in [-0.4, -0.2) is 50.5 Å². The van der Waals surface area contributed by atoms with E-state index < -0.39 is 0 Å². The fraction of sp³-hybridized carbons (Fsp3) is 0.389. The number of benzene rings is 1. The quantitative estimate of drug-likeness (QED) is 0.714. The lowest BCUT2D eigenvalue weighted by Gasteiger charge is -2.38. The van der Waals surface area contributed by atoms with E-state index in [-0.39, 0.29) is 11.8 Å². The van der Waals surface area contributed by atoms with Gasteiger partial charge in [0.05, 0.1) is 5.92 Å². The monoisotopic (exact) mass is 351 g/mol. The van der Waals surface area contributed by atoms with Gasteiger partial charge in [0, 0.05) is 26.2 Å². The first-order valence-electron chi connectivity index (χ1n) is 8.87. The molecule has 1 N–H and O–H groups in total. The van der Waals surface area contributed by atoms with Crippen molar-refractivity contribution < 1.29 is 4.79 Å². The maximum atomic E-state index is 12.3. The molecule has 4 rings (SSSR count). The number of hydrogen-bond acceptors (Lipinski definition) is 6. The molecule has 0 radical (unpaired) electrons. The van der Waals surface area contributed by atoms with Crippen LogP contribution < -0.4 is 10.2 Å². The molecule has 1 amide bonds. The van der Waals surface area contributed by atoms with Crippen LogP contribution in [0.2, 0.25) is 0 Å². The lowest BCUT2D eigenvalue weighted by atomic mass is 9.99. The molecule has 1 fully saturated rings. The number of amides is 1. The molecule has 0 bridgehead atoms. The molecule has 1 aliphatic rings. The average Bonchev–Trinajstić information content (AvgIpc) is 3.05. The predicted molar refractivity (Wildman–Crippen MR) is 97.7 cm³/mol. The van der Waals surface area contributed by atoms with Crippen LogP contribution in [0.4, 0.5) is 5.82 Å². The second kappa shape index (κ2) is 7.07. The Kier molecular flexibility index (Phi) is 4.47. The van der Waals surface area contributed by atoms with Crippen LogP contribution in [-0.2, 0) is 17.8 Å². The van der Waals surface area contributed by atoms with Crippen LogP contribution in [0, 0.1) is 5.92 Å². The minimum atomic E-state index is -0.0167. The highest BCUT2D eigenvalue weighted by atomic mass is 16.2. The lowest BCUT2D eigenvalue weighted by Crippen LogP contribution is -2.54. The molecule has 0 aliphatic carbocycles. The third-order valence-electron chi connectivity index (χ3n) is 4.69. The Morgan fingerprint density at radius 1 is 1.23 bits per heavy atom. The van der Waals surface area contributed by atoms with Crippen molar-refractivity contribution >= 4 is 22.9 Å². The zero-order chi connectivity index (χ0) is 17.9. The van der Waals surface area contributed by atoms with Crippen LogP contribution >= 0.6 is 0 Å². The number of rotatable bonds is 6. The molecular formula is C18H21N7O. The first-order chi connectivity index (χ1) is 12.8. The van der Waals surface area contributed by atoms with Crippen molar-refractivity contribution in [3.8, 4) is 0 Å². The summed E-state index contributed by atoms with van der Waals surface area (Å²) in [5, 5.41) is 11.3. The van der Waals surface area contributed by atoms with E-state index in [2.05, 4.69) is 42.6 Å². The van der Waals surface area contributed by atoms with Crippen molar-refractivity contribution in [2.75, 3.05) is 24.5 Å². The van der Waals surface area contributed by atoms with Crippen LogP contribution in [0.25, 0.3) is 11.2 Å². The average molecular weight is 351 g/mol. The number of fused-ring (bicyclic) bond motifs is 1. The highest BCUT2D eigenvalue weighted by Crippen LogP contribution is 2.27. The van der Waals surface area contributed by atoms with E-state index in [1.54, 1.807) is 4.68 Å². The first-order valence-corrected chi connectivity index (χ1v) is 8.87. The number of carbonyl (C=O) groups is 1. The van der Waals surface area contributed by atoms with Crippen molar-refractivity contribution in [3.63, 3.8) is 0 Å². The maximum Gasteiger partial charge on any atom is 0.226 e. The van der Waals surface area contributed by atoms with Gasteiger partial charge in [-0.15, -0.1) is 5.10 Å². The molecule has 2 aromatic heterocycles. The highest BCUT2D eigenvalue weighted by Gasteiger charge is 2.34. The summed E-state index contributed by atoms with van der Waals surface area (Å²) < 4.78 is 1.74. The molecule has 134 valence electrons. The number of anilines is 1. The third kappa shape index (κ3) is 3.10. The Bertz CT molecular complexity index is 902. The summed E-state index contributed by atoms with van der Waals surface area (Å²) in [5.74, 6) is 0.833. The number of aromatic nitrogens is 5. The number of nitrogens with zero attached hydrogens (tertiary/aromatic N) is 6. The van der Waals surface area contributed by atoms with Gasteiger partial charge in [-0.3, -0.25) is 4.79 Å². The van der Waals surface area contributed by atoms with E-state index in [1.807, 2.05) is 25.1 Å². The molecule has 26 heavy (non-hydrogen) atoms. The number of aryl methyl sites for hydroxylation is 1. The summed E-state index contributed by atoms with van der Waals surface area (Å²) in [6.07, 6.45) is 2.37. The normalized spacial score (nSPS) is 14.4. The Morgan fingerprint density at radius 2 is 2.04 bits per heavy atom. The number of nitrogens with one attached hydrogen (secondary N) is 1. The summed E-state index contributed by atoms with van der Waals surface area (Å²) in [4.78, 5) is 23.0. The van der Waals surface area contributed by atoms with Gasteiger partial charge in [0.1, 0.15) is 6.33 Å². The van der Waals surface area contributed by atoms with Crippen molar-refractivity contribution in [1.29, 1.82) is 0 Å². The second-order valence-electron chi connectivity index (χ2n) is 6.40. The minimum Gasteiger partial charge on any atom is -0.355 e. The topological polar surface area (TPSA) is 88.8 Å². The second-order valence-corrected chi connectivity index (χ2v) is 6.40. The van der Waals surface area contributed by atoms with Crippen LogP contribution in [0.15, 0.2) is 36.7 Å². The first kappa shape index (κ1) is 16.4. The Labute approximate surface area is 151 Å². The molecular weight excluding hydrogens is 330 g/mol. The molecule has 8 nitrogen and oxygen atoms in total. The van der Waals surface area contributed by atoms with Gasteiger partial charge in [-0.25, -0.2) is 14.6 Å². The summed E-state index contributed by atoms with van der Waals surface area (Å²) in [6, 6.07) is 10.2. The van der Waals surface area contributed by atoms with E-state index in [0.29, 0.717) is 31.7 Å². The van der Waals surface area contributed by atoms with E-state index in [0.717, 1.165) is 17.9 Å². The summed E-state index contributed by atoms with van der Waals surface area (Å²) in [6.45, 7) is 4.64. The predicted octanol–water partition coefficient (Wildman–Crippen LogP) is 1.04. The zero-order valence-electron chi connectivity index (χ0n) is 14.7. The van der Waals surface area contributed by atoms with Crippen LogP contribution in [0.1, 0.15) is 12.5 Å². The maximum absolute atomic E-state index is 12.3. The van der Waals surface area contributed by atoms with Gasteiger partial charge in [-0.2, -0.15) is 0 Å². The molecule has 3 heterocycles. The zero-order valence-corrected chi connectivity index (χ0v) is 14.7.